The second-order valence-electron chi connectivity index (χ2n) is 7.83. The number of carbonyl (C=O) groups is 1. The van der Waals surface area contributed by atoms with Crippen LogP contribution in [0.15, 0.2) is 0 Å². The van der Waals surface area contributed by atoms with Crippen molar-refractivity contribution in [3.8, 4) is 0 Å². The van der Waals surface area contributed by atoms with Gasteiger partial charge in [-0.25, -0.2) is 0 Å². The highest BCUT2D eigenvalue weighted by Crippen LogP contribution is 2.10. The fourth-order valence-electron chi connectivity index (χ4n) is 3.31. The van der Waals surface area contributed by atoms with Crippen LogP contribution in [0.5, 0.6) is 0 Å². The summed E-state index contributed by atoms with van der Waals surface area (Å²) in [5, 5.41) is 3.11. The Kier molecular flexibility index (Phi) is 20.3. The molecule has 0 saturated carbocycles. The fourth-order valence-corrected chi connectivity index (χ4v) is 3.31. The summed E-state index contributed by atoms with van der Waals surface area (Å²) < 4.78 is 0. The number of rotatable bonds is 20. The van der Waals surface area contributed by atoms with E-state index in [0.717, 1.165) is 25.9 Å². The molecule has 0 rings (SSSR count). The van der Waals surface area contributed by atoms with Crippen molar-refractivity contribution in [3.05, 3.63) is 0 Å². The highest BCUT2D eigenvalue weighted by Gasteiger charge is 2.05. The van der Waals surface area contributed by atoms with E-state index in [-0.39, 0.29) is 5.91 Å². The SMILES string of the molecule is CCCCCCCCCCCC(=O)NCCCN(CCCC)CCCC. The number of amides is 1. The molecule has 0 aromatic rings. The Morgan fingerprint density at radius 2 is 1.08 bits per heavy atom. The molecule has 1 amide bonds. The minimum Gasteiger partial charge on any atom is -0.356 e. The van der Waals surface area contributed by atoms with Crippen LogP contribution in [0.4, 0.5) is 0 Å². The van der Waals surface area contributed by atoms with E-state index in [4.69, 9.17) is 0 Å². The fraction of sp³-hybridized carbons (Fsp3) is 0.957. The van der Waals surface area contributed by atoms with Crippen molar-refractivity contribution in [1.29, 1.82) is 0 Å². The van der Waals surface area contributed by atoms with Gasteiger partial charge in [-0.05, 0) is 45.3 Å². The average Bonchev–Trinajstić information content (AvgIpc) is 2.65. The molecule has 0 bridgehead atoms. The van der Waals surface area contributed by atoms with Gasteiger partial charge in [0.15, 0.2) is 0 Å². The van der Waals surface area contributed by atoms with Gasteiger partial charge in [0.05, 0.1) is 0 Å². The van der Waals surface area contributed by atoms with Gasteiger partial charge >= 0.3 is 0 Å². The molecule has 3 heteroatoms. The molecule has 0 aromatic heterocycles. The summed E-state index contributed by atoms with van der Waals surface area (Å²) in [5.41, 5.74) is 0. The molecule has 0 aliphatic rings. The van der Waals surface area contributed by atoms with Crippen LogP contribution in [-0.4, -0.2) is 37.0 Å². The number of unbranched alkanes of at least 4 members (excludes halogenated alkanes) is 10. The van der Waals surface area contributed by atoms with Gasteiger partial charge in [0.1, 0.15) is 0 Å². The van der Waals surface area contributed by atoms with Crippen molar-refractivity contribution in [1.82, 2.24) is 10.2 Å². The lowest BCUT2D eigenvalue weighted by Crippen LogP contribution is -2.31. The lowest BCUT2D eigenvalue weighted by Gasteiger charge is -2.21. The van der Waals surface area contributed by atoms with Crippen LogP contribution in [0.25, 0.3) is 0 Å². The maximum Gasteiger partial charge on any atom is 0.219 e. The minimum atomic E-state index is 0.251. The van der Waals surface area contributed by atoms with Crippen molar-refractivity contribution in [3.63, 3.8) is 0 Å². The normalized spacial score (nSPS) is 11.2. The van der Waals surface area contributed by atoms with Gasteiger partial charge in [0.25, 0.3) is 0 Å². The highest BCUT2D eigenvalue weighted by atomic mass is 16.1. The largest absolute Gasteiger partial charge is 0.356 e. The lowest BCUT2D eigenvalue weighted by atomic mass is 10.1. The molecular weight excluding hydrogens is 320 g/mol. The third-order valence-electron chi connectivity index (χ3n) is 5.14. The molecule has 26 heavy (non-hydrogen) atoms. The van der Waals surface area contributed by atoms with Crippen LogP contribution >= 0.6 is 0 Å². The molecule has 0 spiro atoms. The first-order valence-corrected chi connectivity index (χ1v) is 11.7. The van der Waals surface area contributed by atoms with Crippen molar-refractivity contribution >= 4 is 5.91 Å². The van der Waals surface area contributed by atoms with Crippen LogP contribution in [0, 0.1) is 0 Å². The summed E-state index contributed by atoms with van der Waals surface area (Å²) in [7, 11) is 0. The molecule has 0 aromatic carbocycles. The van der Waals surface area contributed by atoms with E-state index >= 15 is 0 Å². The first kappa shape index (κ1) is 25.4. The molecule has 156 valence electrons. The van der Waals surface area contributed by atoms with Crippen LogP contribution in [0.2, 0.25) is 0 Å². The number of nitrogens with one attached hydrogen (secondary N) is 1. The maximum atomic E-state index is 11.9. The Morgan fingerprint density at radius 1 is 0.615 bits per heavy atom. The molecular formula is C23H48N2O. The Morgan fingerprint density at radius 3 is 1.62 bits per heavy atom. The van der Waals surface area contributed by atoms with Crippen molar-refractivity contribution < 1.29 is 4.79 Å². The zero-order valence-corrected chi connectivity index (χ0v) is 18.3. The maximum absolute atomic E-state index is 11.9. The predicted octanol–water partition coefficient (Wildman–Crippen LogP) is 6.32. The quantitative estimate of drug-likeness (QED) is 0.255. The average molecular weight is 369 g/mol. The molecule has 3 nitrogen and oxygen atoms in total. The van der Waals surface area contributed by atoms with Crippen LogP contribution in [0.3, 0.4) is 0 Å². The summed E-state index contributed by atoms with van der Waals surface area (Å²) >= 11 is 0. The van der Waals surface area contributed by atoms with Gasteiger partial charge in [-0.1, -0.05) is 85.0 Å². The third-order valence-corrected chi connectivity index (χ3v) is 5.14. The first-order valence-electron chi connectivity index (χ1n) is 11.7. The van der Waals surface area contributed by atoms with Crippen molar-refractivity contribution in [2.24, 2.45) is 0 Å². The Hall–Kier alpha value is -0.570. The molecule has 1 N–H and O–H groups in total. The van der Waals surface area contributed by atoms with Gasteiger partial charge < -0.3 is 10.2 Å². The van der Waals surface area contributed by atoms with Crippen molar-refractivity contribution in [2.75, 3.05) is 26.2 Å². The number of nitrogens with zero attached hydrogens (tertiary/aromatic N) is 1. The molecule has 0 heterocycles. The third kappa shape index (κ3) is 18.2. The smallest absolute Gasteiger partial charge is 0.219 e. The molecule has 0 saturated heterocycles. The summed E-state index contributed by atoms with van der Waals surface area (Å²) in [6, 6.07) is 0. The van der Waals surface area contributed by atoms with E-state index < -0.39 is 0 Å². The number of carbonyl (C=O) groups excluding carboxylic acids is 1. The van der Waals surface area contributed by atoms with Crippen LogP contribution in [-0.2, 0) is 4.79 Å². The minimum absolute atomic E-state index is 0.251. The monoisotopic (exact) mass is 368 g/mol. The Labute approximate surface area is 164 Å². The van der Waals surface area contributed by atoms with E-state index in [1.165, 1.54) is 90.1 Å². The topological polar surface area (TPSA) is 32.3 Å². The zero-order chi connectivity index (χ0) is 19.3. The summed E-state index contributed by atoms with van der Waals surface area (Å²) in [6.07, 6.45) is 18.7. The summed E-state index contributed by atoms with van der Waals surface area (Å²) in [6.45, 7) is 11.2. The lowest BCUT2D eigenvalue weighted by molar-refractivity contribution is -0.121. The summed E-state index contributed by atoms with van der Waals surface area (Å²) in [5.74, 6) is 0.251. The van der Waals surface area contributed by atoms with Gasteiger partial charge in [-0.15, -0.1) is 0 Å². The zero-order valence-electron chi connectivity index (χ0n) is 18.3. The van der Waals surface area contributed by atoms with E-state index in [2.05, 4.69) is 31.0 Å². The van der Waals surface area contributed by atoms with Gasteiger partial charge in [0, 0.05) is 13.0 Å². The van der Waals surface area contributed by atoms with Crippen molar-refractivity contribution in [2.45, 2.75) is 117 Å². The molecule has 0 unspecified atom stereocenters. The second kappa shape index (κ2) is 20.7. The van der Waals surface area contributed by atoms with Gasteiger partial charge in [-0.3, -0.25) is 4.79 Å². The molecule has 0 atom stereocenters. The highest BCUT2D eigenvalue weighted by molar-refractivity contribution is 5.75. The Balaban J connectivity index is 3.48. The van der Waals surface area contributed by atoms with Gasteiger partial charge in [0.2, 0.25) is 5.91 Å². The molecule has 0 aliphatic heterocycles. The molecule has 0 aliphatic carbocycles. The number of hydrogen-bond acceptors (Lipinski definition) is 2. The second-order valence-corrected chi connectivity index (χ2v) is 7.83. The van der Waals surface area contributed by atoms with E-state index in [1.807, 2.05) is 0 Å². The number of hydrogen-bond donors (Lipinski definition) is 1. The van der Waals surface area contributed by atoms with E-state index in [0.29, 0.717) is 6.42 Å². The summed E-state index contributed by atoms with van der Waals surface area (Å²) in [4.78, 5) is 14.5. The van der Waals surface area contributed by atoms with Crippen LogP contribution in [0.1, 0.15) is 117 Å². The first-order chi connectivity index (χ1) is 12.7. The van der Waals surface area contributed by atoms with E-state index in [1.54, 1.807) is 0 Å². The van der Waals surface area contributed by atoms with Gasteiger partial charge in [-0.2, -0.15) is 0 Å². The Bertz CT molecular complexity index is 286. The molecule has 0 radical (unpaired) electrons. The molecule has 0 fully saturated rings. The van der Waals surface area contributed by atoms with Crippen LogP contribution < -0.4 is 5.32 Å². The predicted molar refractivity (Wildman–Crippen MR) is 116 cm³/mol. The standard InChI is InChI=1S/C23H48N2O/c1-4-7-10-11-12-13-14-15-16-18-23(26)24-19-17-22-25(20-8-5-2)21-9-6-3/h4-22H2,1-3H3,(H,24,26). The van der Waals surface area contributed by atoms with E-state index in [9.17, 15) is 4.79 Å².